The van der Waals surface area contributed by atoms with Gasteiger partial charge in [0, 0.05) is 17.7 Å². The highest BCUT2D eigenvalue weighted by Gasteiger charge is 2.20. The molecule has 0 radical (unpaired) electrons. The summed E-state index contributed by atoms with van der Waals surface area (Å²) in [7, 11) is 0. The van der Waals surface area contributed by atoms with Gasteiger partial charge >= 0.3 is 0 Å². The zero-order valence-corrected chi connectivity index (χ0v) is 17.7. The van der Waals surface area contributed by atoms with Crippen molar-refractivity contribution < 1.29 is 9.53 Å². The van der Waals surface area contributed by atoms with Crippen LogP contribution >= 0.6 is 12.4 Å². The Bertz CT molecular complexity index is 939. The Kier molecular flexibility index (Phi) is 7.89. The van der Waals surface area contributed by atoms with Crippen LogP contribution in [-0.4, -0.2) is 19.0 Å². The van der Waals surface area contributed by atoms with E-state index in [4.69, 9.17) is 4.74 Å². The minimum atomic E-state index is 0. The highest BCUT2D eigenvalue weighted by molar-refractivity contribution is 5.92. The van der Waals surface area contributed by atoms with Crippen molar-refractivity contribution in [1.29, 1.82) is 0 Å². The number of benzene rings is 3. The van der Waals surface area contributed by atoms with Crippen LogP contribution in [-0.2, 0) is 11.4 Å². The molecule has 156 valence electrons. The second kappa shape index (κ2) is 10.8. The summed E-state index contributed by atoms with van der Waals surface area (Å²) in [6.45, 7) is 2.30. The topological polar surface area (TPSA) is 50.4 Å². The summed E-state index contributed by atoms with van der Waals surface area (Å²) < 4.78 is 5.94. The lowest BCUT2D eigenvalue weighted by atomic mass is 9.97. The van der Waals surface area contributed by atoms with E-state index in [1.54, 1.807) is 0 Å². The minimum absolute atomic E-state index is 0. The lowest BCUT2D eigenvalue weighted by Gasteiger charge is -2.21. The molecule has 1 amide bonds. The van der Waals surface area contributed by atoms with Crippen LogP contribution in [0, 0.1) is 5.92 Å². The summed E-state index contributed by atoms with van der Waals surface area (Å²) in [5.74, 6) is 0.935. The summed E-state index contributed by atoms with van der Waals surface area (Å²) in [5.41, 5.74) is 4.29. The summed E-state index contributed by atoms with van der Waals surface area (Å²) in [6, 6.07) is 26.3. The molecule has 0 saturated carbocycles. The third-order valence-electron chi connectivity index (χ3n) is 5.28. The second-order valence-electron chi connectivity index (χ2n) is 7.39. The molecule has 4 rings (SSSR count). The van der Waals surface area contributed by atoms with E-state index >= 15 is 0 Å². The van der Waals surface area contributed by atoms with Gasteiger partial charge in [0.2, 0.25) is 5.91 Å². The molecule has 1 aliphatic rings. The zero-order valence-electron chi connectivity index (χ0n) is 16.8. The van der Waals surface area contributed by atoms with Crippen LogP contribution in [0.1, 0.15) is 18.4 Å². The number of hydrogen-bond donors (Lipinski definition) is 2. The highest BCUT2D eigenvalue weighted by Crippen LogP contribution is 2.22. The fourth-order valence-corrected chi connectivity index (χ4v) is 3.58. The molecule has 0 unspecified atom stereocenters. The molecular formula is C25H27ClN2O2. The van der Waals surface area contributed by atoms with Crippen molar-refractivity contribution in [3.8, 4) is 16.9 Å². The van der Waals surface area contributed by atoms with Gasteiger partial charge < -0.3 is 15.4 Å². The van der Waals surface area contributed by atoms with Crippen LogP contribution in [0.2, 0.25) is 0 Å². The first-order valence-electron chi connectivity index (χ1n) is 10.2. The van der Waals surface area contributed by atoms with Gasteiger partial charge in [0.25, 0.3) is 0 Å². The van der Waals surface area contributed by atoms with E-state index in [-0.39, 0.29) is 24.2 Å². The quantitative estimate of drug-likeness (QED) is 0.567. The summed E-state index contributed by atoms with van der Waals surface area (Å²) in [4.78, 5) is 12.4. The zero-order chi connectivity index (χ0) is 19.9. The second-order valence-corrected chi connectivity index (χ2v) is 7.39. The van der Waals surface area contributed by atoms with Gasteiger partial charge in [0.15, 0.2) is 0 Å². The molecule has 1 saturated heterocycles. The number of piperidine rings is 1. The van der Waals surface area contributed by atoms with Crippen LogP contribution in [0.4, 0.5) is 5.69 Å². The number of rotatable bonds is 6. The van der Waals surface area contributed by atoms with E-state index in [1.165, 1.54) is 11.1 Å². The van der Waals surface area contributed by atoms with Crippen LogP contribution in [0.3, 0.4) is 0 Å². The SMILES string of the molecule is Cl.O=C(Nc1cccc(OCc2ccc(-c3ccccc3)cc2)c1)C1CCNCC1. The molecule has 1 aliphatic heterocycles. The molecule has 1 fully saturated rings. The maximum atomic E-state index is 12.4. The van der Waals surface area contributed by atoms with E-state index < -0.39 is 0 Å². The highest BCUT2D eigenvalue weighted by atomic mass is 35.5. The summed E-state index contributed by atoms with van der Waals surface area (Å²) >= 11 is 0. The Morgan fingerprint density at radius 1 is 0.900 bits per heavy atom. The van der Waals surface area contributed by atoms with Gasteiger partial charge in [0.05, 0.1) is 0 Å². The van der Waals surface area contributed by atoms with Crippen LogP contribution in [0.15, 0.2) is 78.9 Å². The van der Waals surface area contributed by atoms with Gasteiger partial charge in [-0.2, -0.15) is 0 Å². The first-order chi connectivity index (χ1) is 14.3. The molecule has 30 heavy (non-hydrogen) atoms. The predicted octanol–water partition coefficient (Wildman–Crippen LogP) is 5.29. The molecule has 4 nitrogen and oxygen atoms in total. The number of nitrogens with one attached hydrogen (secondary N) is 2. The molecule has 0 aromatic heterocycles. The summed E-state index contributed by atoms with van der Waals surface area (Å²) in [5, 5.41) is 6.32. The Morgan fingerprint density at radius 3 is 2.33 bits per heavy atom. The average molecular weight is 423 g/mol. The number of halogens is 1. The number of ether oxygens (including phenoxy) is 1. The maximum Gasteiger partial charge on any atom is 0.227 e. The monoisotopic (exact) mass is 422 g/mol. The average Bonchev–Trinajstić information content (AvgIpc) is 2.79. The van der Waals surface area contributed by atoms with Gasteiger partial charge in [-0.25, -0.2) is 0 Å². The van der Waals surface area contributed by atoms with Crippen molar-refractivity contribution >= 4 is 24.0 Å². The van der Waals surface area contributed by atoms with Gasteiger partial charge in [0.1, 0.15) is 12.4 Å². The van der Waals surface area contributed by atoms with Crippen LogP contribution in [0.5, 0.6) is 5.75 Å². The third-order valence-corrected chi connectivity index (χ3v) is 5.28. The van der Waals surface area contributed by atoms with E-state index in [1.807, 2.05) is 42.5 Å². The fourth-order valence-electron chi connectivity index (χ4n) is 3.58. The molecule has 0 atom stereocenters. The number of hydrogen-bond acceptors (Lipinski definition) is 3. The van der Waals surface area contributed by atoms with Gasteiger partial charge in [-0.3, -0.25) is 4.79 Å². The fraction of sp³-hybridized carbons (Fsp3) is 0.240. The molecule has 3 aromatic rings. The van der Waals surface area contributed by atoms with Crippen molar-refractivity contribution in [2.45, 2.75) is 19.4 Å². The minimum Gasteiger partial charge on any atom is -0.489 e. The molecule has 1 heterocycles. The molecule has 0 bridgehead atoms. The Labute approximate surface area is 184 Å². The normalized spacial score (nSPS) is 13.9. The largest absolute Gasteiger partial charge is 0.489 e. The van der Waals surface area contributed by atoms with Crippen molar-refractivity contribution in [3.05, 3.63) is 84.4 Å². The van der Waals surface area contributed by atoms with E-state index in [0.29, 0.717) is 6.61 Å². The Balaban J connectivity index is 0.00000256. The lowest BCUT2D eigenvalue weighted by Crippen LogP contribution is -2.34. The van der Waals surface area contributed by atoms with Crippen molar-refractivity contribution in [1.82, 2.24) is 5.32 Å². The maximum absolute atomic E-state index is 12.4. The molecule has 0 spiro atoms. The smallest absolute Gasteiger partial charge is 0.227 e. The van der Waals surface area contributed by atoms with E-state index in [2.05, 4.69) is 47.0 Å². The standard InChI is InChI=1S/C25H26N2O2.ClH/c28-25(22-13-15-26-16-14-22)27-23-7-4-8-24(17-23)29-18-19-9-11-21(12-10-19)20-5-2-1-3-6-20;/h1-12,17,22,26H,13-16,18H2,(H,27,28);1H. The van der Waals surface area contributed by atoms with Crippen LogP contribution in [0.25, 0.3) is 11.1 Å². The van der Waals surface area contributed by atoms with E-state index in [9.17, 15) is 4.79 Å². The van der Waals surface area contributed by atoms with Crippen molar-refractivity contribution in [2.24, 2.45) is 5.92 Å². The number of amides is 1. The molecular weight excluding hydrogens is 396 g/mol. The molecule has 2 N–H and O–H groups in total. The van der Waals surface area contributed by atoms with Gasteiger partial charge in [-0.05, 0) is 54.8 Å². The molecule has 0 aliphatic carbocycles. The number of carbonyl (C=O) groups excluding carboxylic acids is 1. The number of anilines is 1. The first-order valence-corrected chi connectivity index (χ1v) is 10.2. The van der Waals surface area contributed by atoms with Crippen molar-refractivity contribution in [3.63, 3.8) is 0 Å². The van der Waals surface area contributed by atoms with E-state index in [0.717, 1.165) is 42.9 Å². The predicted molar refractivity (Wildman–Crippen MR) is 124 cm³/mol. The van der Waals surface area contributed by atoms with Crippen molar-refractivity contribution in [2.75, 3.05) is 18.4 Å². The molecule has 3 aromatic carbocycles. The first kappa shape index (κ1) is 21.9. The number of carbonyl (C=O) groups is 1. The third kappa shape index (κ3) is 5.85. The Hall–Kier alpha value is -2.82. The van der Waals surface area contributed by atoms with Crippen LogP contribution < -0.4 is 15.4 Å². The summed E-state index contributed by atoms with van der Waals surface area (Å²) in [6.07, 6.45) is 1.78. The van der Waals surface area contributed by atoms with Gasteiger partial charge in [-0.1, -0.05) is 60.7 Å². The molecule has 5 heteroatoms. The lowest BCUT2D eigenvalue weighted by molar-refractivity contribution is -0.120. The Morgan fingerprint density at radius 2 is 1.60 bits per heavy atom. The van der Waals surface area contributed by atoms with Gasteiger partial charge in [-0.15, -0.1) is 12.4 Å².